The second kappa shape index (κ2) is 6.37. The summed E-state index contributed by atoms with van der Waals surface area (Å²) in [6.07, 6.45) is 1.75. The molecule has 0 radical (unpaired) electrons. The van der Waals surface area contributed by atoms with E-state index in [2.05, 4.69) is 15.7 Å². The number of aryl methyl sites for hydroxylation is 1. The Labute approximate surface area is 133 Å². The highest BCUT2D eigenvalue weighted by atomic mass is 35.5. The average molecular weight is 327 g/mol. The van der Waals surface area contributed by atoms with Crippen LogP contribution in [0.2, 0.25) is 10.0 Å². The second-order valence-corrected chi connectivity index (χ2v) is 5.66. The first kappa shape index (κ1) is 15.7. The van der Waals surface area contributed by atoms with E-state index in [-0.39, 0.29) is 12.1 Å². The summed E-state index contributed by atoms with van der Waals surface area (Å²) >= 11 is 11.8. The number of benzene rings is 1. The molecule has 7 heteroatoms. The van der Waals surface area contributed by atoms with Crippen LogP contribution in [0.5, 0.6) is 0 Å². The van der Waals surface area contributed by atoms with E-state index in [1.165, 1.54) is 0 Å². The number of amides is 2. The Balaban J connectivity index is 2.03. The summed E-state index contributed by atoms with van der Waals surface area (Å²) in [5.41, 5.74) is 2.52. The standard InChI is InChI=1S/C14H16Cl2N4O/c1-8(13-7-17-20(3)9(13)2)18-14(21)19-12-5-10(15)4-11(16)6-12/h4-8H,1-3H3,(H2,18,19,21)/t8-/m0/s1. The Morgan fingerprint density at radius 1 is 1.29 bits per heavy atom. The first-order chi connectivity index (χ1) is 9.86. The third-order valence-electron chi connectivity index (χ3n) is 3.21. The summed E-state index contributed by atoms with van der Waals surface area (Å²) in [6, 6.07) is 4.38. The quantitative estimate of drug-likeness (QED) is 0.898. The van der Waals surface area contributed by atoms with Crippen LogP contribution in [-0.2, 0) is 7.05 Å². The van der Waals surface area contributed by atoms with Crippen molar-refractivity contribution in [2.75, 3.05) is 5.32 Å². The van der Waals surface area contributed by atoms with Crippen LogP contribution < -0.4 is 10.6 Å². The smallest absolute Gasteiger partial charge is 0.319 e. The molecule has 0 aliphatic carbocycles. The number of nitrogens with zero attached hydrogens (tertiary/aromatic N) is 2. The van der Waals surface area contributed by atoms with Gasteiger partial charge in [-0.2, -0.15) is 5.10 Å². The minimum absolute atomic E-state index is 0.159. The lowest BCUT2D eigenvalue weighted by Crippen LogP contribution is -2.31. The summed E-state index contributed by atoms with van der Waals surface area (Å²) in [5.74, 6) is 0. The zero-order valence-corrected chi connectivity index (χ0v) is 13.5. The highest BCUT2D eigenvalue weighted by molar-refractivity contribution is 6.35. The predicted molar refractivity (Wildman–Crippen MR) is 85.0 cm³/mol. The van der Waals surface area contributed by atoms with Crippen LogP contribution >= 0.6 is 23.2 Å². The molecule has 0 unspecified atom stereocenters. The van der Waals surface area contributed by atoms with Gasteiger partial charge in [0.1, 0.15) is 0 Å². The van der Waals surface area contributed by atoms with Gasteiger partial charge in [0, 0.05) is 34.0 Å². The van der Waals surface area contributed by atoms with Crippen LogP contribution in [0.25, 0.3) is 0 Å². The summed E-state index contributed by atoms with van der Waals surface area (Å²) < 4.78 is 1.77. The lowest BCUT2D eigenvalue weighted by Gasteiger charge is -2.15. The number of anilines is 1. The number of aromatic nitrogens is 2. The topological polar surface area (TPSA) is 59.0 Å². The van der Waals surface area contributed by atoms with Crippen molar-refractivity contribution in [3.63, 3.8) is 0 Å². The van der Waals surface area contributed by atoms with Gasteiger partial charge in [0.15, 0.2) is 0 Å². The molecular weight excluding hydrogens is 311 g/mol. The Kier molecular flexibility index (Phi) is 4.75. The maximum atomic E-state index is 12.0. The molecule has 112 valence electrons. The van der Waals surface area contributed by atoms with Crippen LogP contribution in [0.1, 0.15) is 24.2 Å². The number of carbonyl (C=O) groups excluding carboxylic acids is 1. The minimum atomic E-state index is -0.330. The number of hydrogen-bond donors (Lipinski definition) is 2. The molecule has 2 N–H and O–H groups in total. The molecule has 21 heavy (non-hydrogen) atoms. The van der Waals surface area contributed by atoms with Gasteiger partial charge < -0.3 is 10.6 Å². The van der Waals surface area contributed by atoms with Crippen LogP contribution in [0.15, 0.2) is 24.4 Å². The maximum Gasteiger partial charge on any atom is 0.319 e. The van der Waals surface area contributed by atoms with E-state index in [1.807, 2.05) is 20.9 Å². The number of hydrogen-bond acceptors (Lipinski definition) is 2. The van der Waals surface area contributed by atoms with Crippen molar-refractivity contribution in [2.24, 2.45) is 7.05 Å². The summed E-state index contributed by atoms with van der Waals surface area (Å²) in [7, 11) is 1.86. The lowest BCUT2D eigenvalue weighted by atomic mass is 10.1. The fourth-order valence-corrected chi connectivity index (χ4v) is 2.53. The molecule has 2 aromatic rings. The number of rotatable bonds is 3. The molecule has 2 amide bonds. The van der Waals surface area contributed by atoms with Gasteiger partial charge in [0.05, 0.1) is 12.2 Å². The minimum Gasteiger partial charge on any atom is -0.331 e. The Morgan fingerprint density at radius 3 is 2.43 bits per heavy atom. The summed E-state index contributed by atoms with van der Waals surface area (Å²) in [5, 5.41) is 10.6. The molecule has 0 aliphatic rings. The number of nitrogens with one attached hydrogen (secondary N) is 2. The van der Waals surface area contributed by atoms with E-state index in [1.54, 1.807) is 29.1 Å². The molecule has 2 rings (SSSR count). The molecule has 1 atom stereocenters. The Hall–Kier alpha value is -1.72. The van der Waals surface area contributed by atoms with E-state index < -0.39 is 0 Å². The largest absolute Gasteiger partial charge is 0.331 e. The highest BCUT2D eigenvalue weighted by Gasteiger charge is 2.14. The zero-order valence-electron chi connectivity index (χ0n) is 11.9. The lowest BCUT2D eigenvalue weighted by molar-refractivity contribution is 0.249. The molecule has 0 bridgehead atoms. The maximum absolute atomic E-state index is 12.0. The number of carbonyl (C=O) groups is 1. The number of halogens is 2. The molecule has 0 fully saturated rings. The van der Waals surface area contributed by atoms with Crippen molar-refractivity contribution in [1.29, 1.82) is 0 Å². The first-order valence-electron chi connectivity index (χ1n) is 6.39. The summed E-state index contributed by atoms with van der Waals surface area (Å²) in [6.45, 7) is 3.85. The van der Waals surface area contributed by atoms with E-state index >= 15 is 0 Å². The monoisotopic (exact) mass is 326 g/mol. The normalized spacial score (nSPS) is 12.0. The van der Waals surface area contributed by atoms with Gasteiger partial charge in [0.2, 0.25) is 0 Å². The molecule has 0 saturated heterocycles. The Morgan fingerprint density at radius 2 is 1.90 bits per heavy atom. The highest BCUT2D eigenvalue weighted by Crippen LogP contribution is 2.22. The van der Waals surface area contributed by atoms with E-state index in [0.717, 1.165) is 11.3 Å². The molecule has 0 saturated carbocycles. The van der Waals surface area contributed by atoms with E-state index in [9.17, 15) is 4.79 Å². The number of urea groups is 1. The summed E-state index contributed by atoms with van der Waals surface area (Å²) in [4.78, 5) is 12.0. The van der Waals surface area contributed by atoms with Gasteiger partial charge in [-0.3, -0.25) is 4.68 Å². The van der Waals surface area contributed by atoms with Crippen LogP contribution in [0.3, 0.4) is 0 Å². The molecule has 0 spiro atoms. The predicted octanol–water partition coefficient (Wildman–Crippen LogP) is 3.92. The van der Waals surface area contributed by atoms with Crippen molar-refractivity contribution in [1.82, 2.24) is 15.1 Å². The SMILES string of the molecule is Cc1c([C@H](C)NC(=O)Nc2cc(Cl)cc(Cl)c2)cnn1C. The molecule has 1 aromatic carbocycles. The third-order valence-corrected chi connectivity index (χ3v) is 3.64. The third kappa shape index (κ3) is 3.89. The van der Waals surface area contributed by atoms with Gasteiger partial charge in [-0.15, -0.1) is 0 Å². The van der Waals surface area contributed by atoms with E-state index in [4.69, 9.17) is 23.2 Å². The molecule has 1 aromatic heterocycles. The fourth-order valence-electron chi connectivity index (χ4n) is 2.01. The van der Waals surface area contributed by atoms with Crippen molar-refractivity contribution in [3.8, 4) is 0 Å². The molecule has 5 nitrogen and oxygen atoms in total. The first-order valence-corrected chi connectivity index (χ1v) is 7.14. The molecular formula is C14H16Cl2N4O. The van der Waals surface area contributed by atoms with Crippen molar-refractivity contribution in [3.05, 3.63) is 45.7 Å². The van der Waals surface area contributed by atoms with Gasteiger partial charge >= 0.3 is 6.03 Å². The van der Waals surface area contributed by atoms with Gasteiger partial charge in [0.25, 0.3) is 0 Å². The molecule has 1 heterocycles. The van der Waals surface area contributed by atoms with Crippen LogP contribution in [0.4, 0.5) is 10.5 Å². The second-order valence-electron chi connectivity index (χ2n) is 4.79. The van der Waals surface area contributed by atoms with Crippen molar-refractivity contribution >= 4 is 34.9 Å². The fraction of sp³-hybridized carbons (Fsp3) is 0.286. The Bertz CT molecular complexity index is 649. The average Bonchev–Trinajstić information content (AvgIpc) is 2.68. The van der Waals surface area contributed by atoms with Crippen molar-refractivity contribution in [2.45, 2.75) is 19.9 Å². The van der Waals surface area contributed by atoms with Crippen LogP contribution in [0, 0.1) is 6.92 Å². The van der Waals surface area contributed by atoms with E-state index in [0.29, 0.717) is 15.7 Å². The van der Waals surface area contributed by atoms with Gasteiger partial charge in [-0.25, -0.2) is 4.79 Å². The van der Waals surface area contributed by atoms with Crippen LogP contribution in [-0.4, -0.2) is 15.8 Å². The molecule has 0 aliphatic heterocycles. The van der Waals surface area contributed by atoms with Gasteiger partial charge in [-0.05, 0) is 32.0 Å². The van der Waals surface area contributed by atoms with Gasteiger partial charge in [-0.1, -0.05) is 23.2 Å². The van der Waals surface area contributed by atoms with Crippen molar-refractivity contribution < 1.29 is 4.79 Å². The zero-order chi connectivity index (χ0) is 15.6.